The molecule has 1 aliphatic heterocycles. The van der Waals surface area contributed by atoms with Crippen LogP contribution < -0.4 is 24.8 Å². The summed E-state index contributed by atoms with van der Waals surface area (Å²) in [5, 5.41) is 6.66. The normalized spacial score (nSPS) is 17.4. The maximum absolute atomic E-state index is 12.4. The lowest BCUT2D eigenvalue weighted by Crippen LogP contribution is -2.31. The fourth-order valence-electron chi connectivity index (χ4n) is 2.76. The van der Waals surface area contributed by atoms with Gasteiger partial charge in [0.15, 0.2) is 17.0 Å². The minimum atomic E-state index is -0.326. The maximum Gasteiger partial charge on any atom is 0.260 e. The molecule has 1 unspecified atom stereocenters. The molecule has 1 amide bonds. The molecule has 0 radical (unpaired) electrons. The lowest BCUT2D eigenvalue weighted by molar-refractivity contribution is -0.116. The van der Waals surface area contributed by atoms with Crippen LogP contribution in [0.15, 0.2) is 35.2 Å². The fraction of sp³-hybridized carbons (Fsp3) is 0.250. The number of anilines is 1. The molecule has 1 fully saturated rings. The summed E-state index contributed by atoms with van der Waals surface area (Å²) in [6, 6.07) is 9.23. The van der Waals surface area contributed by atoms with Gasteiger partial charge in [0, 0.05) is 6.07 Å². The molecule has 2 aromatic rings. The third kappa shape index (κ3) is 4.31. The van der Waals surface area contributed by atoms with Gasteiger partial charge >= 0.3 is 0 Å². The van der Waals surface area contributed by atoms with Crippen molar-refractivity contribution >= 4 is 41.0 Å². The first-order valence-electron chi connectivity index (χ1n) is 8.47. The molecule has 1 saturated heterocycles. The van der Waals surface area contributed by atoms with Crippen molar-refractivity contribution < 1.29 is 19.0 Å². The summed E-state index contributed by atoms with van der Waals surface area (Å²) < 4.78 is 15.9. The molecule has 2 aromatic carbocycles. The molecule has 2 N–H and O–H groups in total. The molecule has 0 aromatic heterocycles. The van der Waals surface area contributed by atoms with Crippen molar-refractivity contribution in [2.45, 2.75) is 12.4 Å². The number of methoxy groups -OCH3 is 3. The number of carbonyl (C=O) groups excluding carboxylic acids is 1. The number of thioether (sulfide) groups is 1. The highest BCUT2D eigenvalue weighted by Gasteiger charge is 2.28. The number of aryl methyl sites for hydroxylation is 1. The van der Waals surface area contributed by atoms with Gasteiger partial charge in [-0.3, -0.25) is 4.79 Å². The molecule has 0 saturated carbocycles. The predicted molar refractivity (Wildman–Crippen MR) is 113 cm³/mol. The standard InChI is InChI=1S/C20H21ClN2O4S/c1-11-5-6-15(25-2)14(7-11)22-20-23-19(24)18(28-20)9-12-8-16(26-3)17(27-4)10-13(12)21/h5-10,20,22H,1-4H3,(H,23,24)/b18-9-. The van der Waals surface area contributed by atoms with Crippen LogP contribution >= 0.6 is 23.4 Å². The van der Waals surface area contributed by atoms with E-state index in [2.05, 4.69) is 10.6 Å². The van der Waals surface area contributed by atoms with Crippen LogP contribution in [0.25, 0.3) is 6.08 Å². The summed E-state index contributed by atoms with van der Waals surface area (Å²) in [4.78, 5) is 13.0. The zero-order valence-electron chi connectivity index (χ0n) is 16.0. The van der Waals surface area contributed by atoms with Gasteiger partial charge in [0.2, 0.25) is 0 Å². The first-order valence-corrected chi connectivity index (χ1v) is 9.73. The molecule has 148 valence electrons. The van der Waals surface area contributed by atoms with Crippen LogP contribution in [0.2, 0.25) is 5.02 Å². The van der Waals surface area contributed by atoms with E-state index in [-0.39, 0.29) is 11.4 Å². The molecule has 1 aliphatic rings. The molecular weight excluding hydrogens is 400 g/mol. The molecule has 0 aliphatic carbocycles. The van der Waals surface area contributed by atoms with E-state index in [4.69, 9.17) is 25.8 Å². The van der Waals surface area contributed by atoms with Gasteiger partial charge in [0.25, 0.3) is 5.91 Å². The number of nitrogens with one attached hydrogen (secondary N) is 2. The van der Waals surface area contributed by atoms with E-state index in [1.807, 2.05) is 25.1 Å². The van der Waals surface area contributed by atoms with Crippen molar-refractivity contribution in [2.24, 2.45) is 0 Å². The van der Waals surface area contributed by atoms with Gasteiger partial charge in [-0.15, -0.1) is 0 Å². The summed E-state index contributed by atoms with van der Waals surface area (Å²) in [6.45, 7) is 2.00. The fourth-order valence-corrected chi connectivity index (χ4v) is 3.94. The Morgan fingerprint density at radius 3 is 2.43 bits per heavy atom. The first kappa shape index (κ1) is 20.2. The number of carbonyl (C=O) groups is 1. The number of rotatable bonds is 6. The third-order valence-electron chi connectivity index (χ3n) is 4.16. The topological polar surface area (TPSA) is 68.8 Å². The second-order valence-electron chi connectivity index (χ2n) is 6.06. The minimum Gasteiger partial charge on any atom is -0.495 e. The van der Waals surface area contributed by atoms with Crippen LogP contribution in [-0.2, 0) is 4.79 Å². The Morgan fingerprint density at radius 2 is 1.75 bits per heavy atom. The van der Waals surface area contributed by atoms with E-state index < -0.39 is 0 Å². The highest BCUT2D eigenvalue weighted by molar-refractivity contribution is 8.05. The van der Waals surface area contributed by atoms with Crippen LogP contribution in [0.4, 0.5) is 5.69 Å². The zero-order chi connectivity index (χ0) is 20.3. The highest BCUT2D eigenvalue weighted by atomic mass is 35.5. The Bertz CT molecular complexity index is 933. The van der Waals surface area contributed by atoms with Gasteiger partial charge in [0.05, 0.1) is 36.9 Å². The molecule has 28 heavy (non-hydrogen) atoms. The summed E-state index contributed by atoms with van der Waals surface area (Å²) in [6.07, 6.45) is 1.74. The van der Waals surface area contributed by atoms with Gasteiger partial charge < -0.3 is 24.8 Å². The third-order valence-corrected chi connectivity index (χ3v) is 5.52. The number of hydrogen-bond donors (Lipinski definition) is 2. The largest absolute Gasteiger partial charge is 0.495 e. The van der Waals surface area contributed by atoms with Crippen molar-refractivity contribution in [3.05, 3.63) is 51.4 Å². The van der Waals surface area contributed by atoms with Gasteiger partial charge in [-0.05, 0) is 42.3 Å². The minimum absolute atomic E-state index is 0.181. The van der Waals surface area contributed by atoms with Crippen LogP contribution in [0.3, 0.4) is 0 Å². The molecular formula is C20H21ClN2O4S. The maximum atomic E-state index is 12.4. The number of halogens is 1. The number of ether oxygens (including phenoxy) is 3. The van der Waals surface area contributed by atoms with Crippen LogP contribution in [-0.4, -0.2) is 32.7 Å². The van der Waals surface area contributed by atoms with Crippen LogP contribution in [0.5, 0.6) is 17.2 Å². The predicted octanol–water partition coefficient (Wildman–Crippen LogP) is 4.27. The summed E-state index contributed by atoms with van der Waals surface area (Å²) in [7, 11) is 4.71. The second-order valence-corrected chi connectivity index (χ2v) is 7.61. The van der Waals surface area contributed by atoms with E-state index >= 15 is 0 Å². The number of hydrogen-bond acceptors (Lipinski definition) is 6. The van der Waals surface area contributed by atoms with Crippen molar-refractivity contribution in [1.29, 1.82) is 0 Å². The lowest BCUT2D eigenvalue weighted by Gasteiger charge is -2.16. The second kappa shape index (κ2) is 8.67. The number of amides is 1. The Balaban J connectivity index is 1.83. The van der Waals surface area contributed by atoms with E-state index in [1.54, 1.807) is 39.5 Å². The molecule has 6 nitrogen and oxygen atoms in total. The SMILES string of the molecule is COc1ccc(C)cc1NC1NC(=O)/C(=C/c2cc(OC)c(OC)cc2Cl)S1. The van der Waals surface area contributed by atoms with Crippen molar-refractivity contribution in [3.8, 4) is 17.2 Å². The molecule has 8 heteroatoms. The Hall–Kier alpha value is -2.51. The first-order chi connectivity index (χ1) is 13.4. The molecule has 0 spiro atoms. The number of benzene rings is 2. The van der Waals surface area contributed by atoms with Gasteiger partial charge in [-0.2, -0.15) is 0 Å². The lowest BCUT2D eigenvalue weighted by atomic mass is 10.2. The Kier molecular flexibility index (Phi) is 6.26. The zero-order valence-corrected chi connectivity index (χ0v) is 17.5. The highest BCUT2D eigenvalue weighted by Crippen LogP contribution is 2.37. The van der Waals surface area contributed by atoms with E-state index in [1.165, 1.54) is 11.8 Å². The van der Waals surface area contributed by atoms with Crippen molar-refractivity contribution in [1.82, 2.24) is 5.32 Å². The summed E-state index contributed by atoms with van der Waals surface area (Å²) in [5.74, 6) is 1.60. The monoisotopic (exact) mass is 420 g/mol. The Labute approximate surface area is 173 Å². The average Bonchev–Trinajstić information content (AvgIpc) is 3.02. The Morgan fingerprint density at radius 1 is 1.07 bits per heavy atom. The van der Waals surface area contributed by atoms with Crippen molar-refractivity contribution in [3.63, 3.8) is 0 Å². The van der Waals surface area contributed by atoms with E-state index in [0.29, 0.717) is 32.7 Å². The van der Waals surface area contributed by atoms with Crippen LogP contribution in [0, 0.1) is 6.92 Å². The van der Waals surface area contributed by atoms with Gasteiger partial charge in [0.1, 0.15) is 5.75 Å². The summed E-state index contributed by atoms with van der Waals surface area (Å²) in [5.41, 5.74) is 2.25. The van der Waals surface area contributed by atoms with E-state index in [0.717, 1.165) is 11.3 Å². The molecule has 1 atom stereocenters. The molecule has 0 bridgehead atoms. The van der Waals surface area contributed by atoms with Gasteiger partial charge in [-0.25, -0.2) is 0 Å². The quantitative estimate of drug-likeness (QED) is 0.680. The smallest absolute Gasteiger partial charge is 0.260 e. The van der Waals surface area contributed by atoms with Crippen molar-refractivity contribution in [2.75, 3.05) is 26.6 Å². The molecule has 1 heterocycles. The summed E-state index contributed by atoms with van der Waals surface area (Å²) >= 11 is 7.70. The molecule has 3 rings (SSSR count). The van der Waals surface area contributed by atoms with Gasteiger partial charge in [-0.1, -0.05) is 29.4 Å². The average molecular weight is 421 g/mol. The van der Waals surface area contributed by atoms with E-state index in [9.17, 15) is 4.79 Å². The van der Waals surface area contributed by atoms with Crippen LogP contribution in [0.1, 0.15) is 11.1 Å².